The fraction of sp³-hybridized carbons (Fsp3) is 0.958. The number of hydrogen-bond acceptors (Lipinski definition) is 18. The Kier molecular flexibility index (Phi) is 50.2. The van der Waals surface area contributed by atoms with Crippen molar-refractivity contribution < 1.29 is 89.4 Å². The molecule has 17 unspecified atom stereocenters. The number of hydrogen-bond donors (Lipinski definition) is 12. The summed E-state index contributed by atoms with van der Waals surface area (Å²) in [6, 6.07) is -0.885. The van der Waals surface area contributed by atoms with E-state index in [0.717, 1.165) is 44.9 Å². The van der Waals surface area contributed by atoms with Crippen LogP contribution in [0.5, 0.6) is 0 Å². The van der Waals surface area contributed by atoms with E-state index in [1.54, 1.807) is 0 Å². The van der Waals surface area contributed by atoms with Gasteiger partial charge in [-0.3, -0.25) is 4.79 Å². The highest BCUT2D eigenvalue weighted by Gasteiger charge is 2.53. The van der Waals surface area contributed by atoms with Crippen molar-refractivity contribution in [1.29, 1.82) is 0 Å². The molecular weight excluding hydrogens is 1170 g/mol. The van der Waals surface area contributed by atoms with Gasteiger partial charge in [0.25, 0.3) is 0 Å². The summed E-state index contributed by atoms with van der Waals surface area (Å²) < 4.78 is 34.5. The van der Waals surface area contributed by atoms with Crippen LogP contribution in [0, 0.1) is 0 Å². The SMILES string of the molecule is CCCCCCCCCC/C=C\CCCCCCCCCCCCCCCC(=O)NC(COC1OC(CO)C(OC2OC(CO)C(OC3OC(CO)C(O)C(O)C3O)C(O)C2O)C(O)C1O)C(O)CCCCCCCCCCCCCCCCCCCCCCC. The topological polar surface area (TPSA) is 307 Å². The summed E-state index contributed by atoms with van der Waals surface area (Å²) in [5, 5.41) is 121. The van der Waals surface area contributed by atoms with Crippen LogP contribution in [0.4, 0.5) is 0 Å². The third-order valence-corrected chi connectivity index (χ3v) is 19.1. The van der Waals surface area contributed by atoms with Crippen LogP contribution < -0.4 is 5.32 Å². The van der Waals surface area contributed by atoms with Crippen LogP contribution in [0.1, 0.15) is 309 Å². The zero-order valence-electron chi connectivity index (χ0n) is 57.1. The van der Waals surface area contributed by atoms with E-state index in [4.69, 9.17) is 28.4 Å². The first-order valence-corrected chi connectivity index (χ1v) is 37.4. The maximum atomic E-state index is 13.5. The van der Waals surface area contributed by atoms with Gasteiger partial charge in [-0.25, -0.2) is 0 Å². The number of amides is 1. The maximum absolute atomic E-state index is 13.5. The van der Waals surface area contributed by atoms with Gasteiger partial charge in [0.2, 0.25) is 5.91 Å². The molecule has 1 amide bonds. The Morgan fingerprint density at radius 3 is 1.07 bits per heavy atom. The number of ether oxygens (including phenoxy) is 6. The third-order valence-electron chi connectivity index (χ3n) is 19.1. The second-order valence-electron chi connectivity index (χ2n) is 27.1. The molecule has 3 aliphatic rings. The van der Waals surface area contributed by atoms with Crippen molar-refractivity contribution in [2.75, 3.05) is 26.4 Å². The summed E-state index contributed by atoms with van der Waals surface area (Å²) in [6.45, 7) is 1.85. The van der Waals surface area contributed by atoms with Crippen molar-refractivity contribution in [1.82, 2.24) is 5.32 Å². The molecule has 3 rings (SSSR count). The average molecular weight is 1300 g/mol. The van der Waals surface area contributed by atoms with Crippen LogP contribution in [-0.4, -0.2) is 193 Å². The molecule has 3 saturated heterocycles. The van der Waals surface area contributed by atoms with E-state index in [2.05, 4.69) is 31.3 Å². The molecule has 0 spiro atoms. The minimum absolute atomic E-state index is 0.237. The van der Waals surface area contributed by atoms with Crippen molar-refractivity contribution in [2.24, 2.45) is 0 Å². The smallest absolute Gasteiger partial charge is 0.220 e. The molecular formula is C72H137NO18. The predicted octanol–water partition coefficient (Wildman–Crippen LogP) is 10.8. The fourth-order valence-corrected chi connectivity index (χ4v) is 13.0. The highest BCUT2D eigenvalue weighted by molar-refractivity contribution is 5.76. The van der Waals surface area contributed by atoms with Gasteiger partial charge in [-0.1, -0.05) is 276 Å². The van der Waals surface area contributed by atoms with Crippen molar-refractivity contribution in [2.45, 2.75) is 413 Å². The molecule has 19 heteroatoms. The molecule has 3 aliphatic heterocycles. The van der Waals surface area contributed by atoms with Gasteiger partial charge < -0.3 is 89.9 Å². The number of aliphatic hydroxyl groups excluding tert-OH is 11. The summed E-state index contributed by atoms with van der Waals surface area (Å²) in [7, 11) is 0. The van der Waals surface area contributed by atoms with E-state index in [-0.39, 0.29) is 18.9 Å². The highest BCUT2D eigenvalue weighted by Crippen LogP contribution is 2.33. The van der Waals surface area contributed by atoms with Gasteiger partial charge in [-0.2, -0.15) is 0 Å². The molecule has 0 bridgehead atoms. The Balaban J connectivity index is 1.40. The zero-order valence-corrected chi connectivity index (χ0v) is 57.1. The average Bonchev–Trinajstić information content (AvgIpc) is 0.883. The van der Waals surface area contributed by atoms with E-state index in [1.807, 2.05) is 0 Å². The van der Waals surface area contributed by atoms with Gasteiger partial charge in [0.15, 0.2) is 18.9 Å². The number of aliphatic hydroxyl groups is 11. The normalized spacial score (nSPS) is 27.9. The lowest BCUT2D eigenvalue weighted by Crippen LogP contribution is -2.66. The summed E-state index contributed by atoms with van der Waals surface area (Å²) in [4.78, 5) is 13.5. The Bertz CT molecular complexity index is 1700. The minimum atomic E-state index is -1.97. The molecule has 3 fully saturated rings. The summed E-state index contributed by atoms with van der Waals surface area (Å²) in [5.41, 5.74) is 0. The van der Waals surface area contributed by atoms with Gasteiger partial charge in [0.1, 0.15) is 73.2 Å². The Hall–Kier alpha value is -1.47. The van der Waals surface area contributed by atoms with E-state index in [0.29, 0.717) is 12.8 Å². The van der Waals surface area contributed by atoms with Crippen molar-refractivity contribution in [3.05, 3.63) is 12.2 Å². The predicted molar refractivity (Wildman–Crippen MR) is 356 cm³/mol. The molecule has 12 N–H and O–H groups in total. The van der Waals surface area contributed by atoms with E-state index < -0.39 is 124 Å². The van der Waals surface area contributed by atoms with Crippen molar-refractivity contribution >= 4 is 5.91 Å². The number of unbranched alkanes of at least 4 members (excludes halogenated alkanes) is 41. The van der Waals surface area contributed by atoms with Gasteiger partial charge in [0.05, 0.1) is 38.6 Å². The lowest BCUT2D eigenvalue weighted by Gasteiger charge is -2.48. The lowest BCUT2D eigenvalue weighted by molar-refractivity contribution is -0.379. The van der Waals surface area contributed by atoms with Crippen LogP contribution in [0.2, 0.25) is 0 Å². The van der Waals surface area contributed by atoms with Crippen LogP contribution in [-0.2, 0) is 33.2 Å². The second kappa shape index (κ2) is 54.5. The van der Waals surface area contributed by atoms with Crippen LogP contribution in [0.15, 0.2) is 12.2 Å². The Morgan fingerprint density at radius 1 is 0.385 bits per heavy atom. The molecule has 0 aromatic heterocycles. The molecule has 0 aromatic rings. The first kappa shape index (κ1) is 83.8. The Labute approximate surface area is 550 Å². The van der Waals surface area contributed by atoms with Gasteiger partial charge in [-0.05, 0) is 38.5 Å². The largest absolute Gasteiger partial charge is 0.394 e. The minimum Gasteiger partial charge on any atom is -0.394 e. The fourth-order valence-electron chi connectivity index (χ4n) is 13.0. The molecule has 17 atom stereocenters. The van der Waals surface area contributed by atoms with E-state index >= 15 is 0 Å². The molecule has 0 aromatic carbocycles. The quantitative estimate of drug-likeness (QED) is 0.0199. The molecule has 538 valence electrons. The second-order valence-corrected chi connectivity index (χ2v) is 27.1. The number of nitrogens with one attached hydrogen (secondary N) is 1. The standard InChI is InChI=1S/C72H137NO18/c1-3-5-7-9-11-13-15-17-19-21-23-25-26-27-28-30-32-34-36-38-40-42-44-46-48-50-60(78)73-55(56(77)49-47-45-43-41-39-37-35-33-31-29-24-22-20-18-16-14-12-10-8-6-4-2)54-86-70-66(84)63(81)68(58(52-75)88-70)91-72-67(85)64(82)69(59(53-76)89-72)90-71-65(83)62(80)61(79)57(51-74)87-71/h21,23,55-59,61-72,74-77,79-85H,3-20,22,24-54H2,1-2H3,(H,73,78)/b23-21-. The first-order valence-electron chi connectivity index (χ1n) is 37.4. The lowest BCUT2D eigenvalue weighted by atomic mass is 9.96. The van der Waals surface area contributed by atoms with Crippen molar-refractivity contribution in [3.8, 4) is 0 Å². The highest BCUT2D eigenvalue weighted by atomic mass is 16.8. The third kappa shape index (κ3) is 36.1. The number of carbonyl (C=O) groups excluding carboxylic acids is 1. The van der Waals surface area contributed by atoms with Crippen molar-refractivity contribution in [3.63, 3.8) is 0 Å². The number of carbonyl (C=O) groups is 1. The van der Waals surface area contributed by atoms with Crippen LogP contribution in [0.3, 0.4) is 0 Å². The molecule has 3 heterocycles. The molecule has 0 radical (unpaired) electrons. The summed E-state index contributed by atoms with van der Waals surface area (Å²) in [6.07, 6.45) is 34.3. The maximum Gasteiger partial charge on any atom is 0.220 e. The zero-order chi connectivity index (χ0) is 66.1. The van der Waals surface area contributed by atoms with E-state index in [9.17, 15) is 61.0 Å². The van der Waals surface area contributed by atoms with Crippen LogP contribution in [0.25, 0.3) is 0 Å². The number of rotatable bonds is 59. The summed E-state index contributed by atoms with van der Waals surface area (Å²) in [5.74, 6) is -0.237. The van der Waals surface area contributed by atoms with Gasteiger partial charge in [0, 0.05) is 6.42 Å². The summed E-state index contributed by atoms with van der Waals surface area (Å²) >= 11 is 0. The monoisotopic (exact) mass is 1300 g/mol. The molecule has 19 nitrogen and oxygen atoms in total. The molecule has 0 aliphatic carbocycles. The Morgan fingerprint density at radius 2 is 0.692 bits per heavy atom. The molecule has 91 heavy (non-hydrogen) atoms. The van der Waals surface area contributed by atoms with Crippen LogP contribution >= 0.6 is 0 Å². The first-order chi connectivity index (χ1) is 44.3. The number of allylic oxidation sites excluding steroid dienone is 2. The molecule has 0 saturated carbocycles. The van der Waals surface area contributed by atoms with E-state index in [1.165, 1.54) is 231 Å². The van der Waals surface area contributed by atoms with Gasteiger partial charge >= 0.3 is 0 Å². The van der Waals surface area contributed by atoms with Gasteiger partial charge in [-0.15, -0.1) is 0 Å².